The van der Waals surface area contributed by atoms with E-state index in [-0.39, 0.29) is 45.8 Å². The van der Waals surface area contributed by atoms with Crippen molar-refractivity contribution in [2.24, 2.45) is 29.1 Å². The number of aliphatic hydroxyl groups is 1. The monoisotopic (exact) mass is 472 g/mol. The molecular weight excluding hydrogens is 432 g/mol. The molecule has 34 heavy (non-hydrogen) atoms. The van der Waals surface area contributed by atoms with E-state index in [1.165, 1.54) is 5.57 Å². The summed E-state index contributed by atoms with van der Waals surface area (Å²) in [4.78, 5) is 23.4. The smallest absolute Gasteiger partial charge is 0.157 e. The van der Waals surface area contributed by atoms with Gasteiger partial charge in [0.15, 0.2) is 12.6 Å². The van der Waals surface area contributed by atoms with Crippen LogP contribution in [-0.4, -0.2) is 38.6 Å². The van der Waals surface area contributed by atoms with E-state index < -0.39 is 22.8 Å². The standard InChI is InChI=1S/C28H40O6/c1-15(2)11-18(23-25(32)19(13-29)24(31)20(14-30)26(23)33)21-8-7-16(3)22-12-17(27(4,5)34)9-10-28(21,22)6/h12-18,21,31-34H,7-11H2,1-6H3/t16-,17-,18?,21?,28+/m1/s1. The van der Waals surface area contributed by atoms with Gasteiger partial charge in [-0.05, 0) is 75.0 Å². The molecule has 2 aliphatic carbocycles. The zero-order valence-electron chi connectivity index (χ0n) is 21.3. The predicted octanol–water partition coefficient (Wildman–Crippen LogP) is 5.72. The van der Waals surface area contributed by atoms with Crippen LogP contribution in [0.15, 0.2) is 11.6 Å². The Balaban J connectivity index is 2.23. The number of phenols is 3. The van der Waals surface area contributed by atoms with Crippen molar-refractivity contribution in [2.75, 3.05) is 0 Å². The lowest BCUT2D eigenvalue weighted by atomic mass is 9.51. The number of rotatable bonds is 7. The molecule has 0 amide bonds. The Morgan fingerprint density at radius 2 is 1.59 bits per heavy atom. The first kappa shape index (κ1) is 26.3. The lowest BCUT2D eigenvalue weighted by Crippen LogP contribution is -2.45. The first-order valence-corrected chi connectivity index (χ1v) is 12.4. The number of carbonyl (C=O) groups excluding carboxylic acids is 2. The van der Waals surface area contributed by atoms with Crippen molar-refractivity contribution in [3.63, 3.8) is 0 Å². The van der Waals surface area contributed by atoms with Gasteiger partial charge in [0, 0.05) is 11.5 Å². The second kappa shape index (κ2) is 9.37. The van der Waals surface area contributed by atoms with E-state index >= 15 is 0 Å². The molecule has 0 spiro atoms. The summed E-state index contributed by atoms with van der Waals surface area (Å²) in [6.45, 7) is 12.3. The van der Waals surface area contributed by atoms with Gasteiger partial charge >= 0.3 is 0 Å². The molecule has 2 unspecified atom stereocenters. The SMILES string of the molecule is CC(C)CC(c1c(O)c(C=O)c(O)c(C=O)c1O)C1CC[C@@H](C)C2=C[C@H](C(C)(C)O)CC[C@]21C. The van der Waals surface area contributed by atoms with Crippen LogP contribution in [0.5, 0.6) is 17.2 Å². The fourth-order valence-corrected chi connectivity index (χ4v) is 6.66. The van der Waals surface area contributed by atoms with E-state index in [4.69, 9.17) is 0 Å². The van der Waals surface area contributed by atoms with Crippen molar-refractivity contribution in [1.82, 2.24) is 0 Å². The summed E-state index contributed by atoms with van der Waals surface area (Å²) in [6.07, 6.45) is 7.03. The fraction of sp³-hybridized carbons (Fsp3) is 0.643. The van der Waals surface area contributed by atoms with E-state index in [1.54, 1.807) is 0 Å². The van der Waals surface area contributed by atoms with Crippen molar-refractivity contribution in [3.05, 3.63) is 28.3 Å². The van der Waals surface area contributed by atoms with Crippen LogP contribution in [0, 0.1) is 29.1 Å². The van der Waals surface area contributed by atoms with E-state index in [0.717, 1.165) is 25.7 Å². The third-order valence-electron chi connectivity index (χ3n) is 8.53. The van der Waals surface area contributed by atoms with Gasteiger partial charge in [-0.3, -0.25) is 9.59 Å². The maximum absolute atomic E-state index is 11.7. The van der Waals surface area contributed by atoms with Crippen molar-refractivity contribution in [1.29, 1.82) is 0 Å². The van der Waals surface area contributed by atoms with Crippen LogP contribution in [0.2, 0.25) is 0 Å². The Morgan fingerprint density at radius 1 is 1.03 bits per heavy atom. The van der Waals surface area contributed by atoms with E-state index in [0.29, 0.717) is 24.9 Å². The third kappa shape index (κ3) is 4.37. The molecule has 4 N–H and O–H groups in total. The highest BCUT2D eigenvalue weighted by atomic mass is 16.3. The van der Waals surface area contributed by atoms with Gasteiger partial charge < -0.3 is 20.4 Å². The first-order chi connectivity index (χ1) is 15.8. The minimum absolute atomic E-state index is 0.0421. The molecule has 0 bridgehead atoms. The van der Waals surface area contributed by atoms with E-state index in [2.05, 4.69) is 33.8 Å². The Morgan fingerprint density at radius 3 is 2.06 bits per heavy atom. The van der Waals surface area contributed by atoms with Crippen LogP contribution in [0.3, 0.4) is 0 Å². The lowest BCUT2D eigenvalue weighted by Gasteiger charge is -2.53. The molecule has 3 rings (SSSR count). The summed E-state index contributed by atoms with van der Waals surface area (Å²) in [7, 11) is 0. The highest BCUT2D eigenvalue weighted by molar-refractivity contribution is 5.95. The predicted molar refractivity (Wildman–Crippen MR) is 132 cm³/mol. The molecule has 0 aromatic heterocycles. The zero-order valence-corrected chi connectivity index (χ0v) is 21.3. The van der Waals surface area contributed by atoms with Crippen molar-refractivity contribution in [3.8, 4) is 17.2 Å². The van der Waals surface area contributed by atoms with Gasteiger partial charge in [0.25, 0.3) is 0 Å². The minimum Gasteiger partial charge on any atom is -0.507 e. The molecule has 1 fully saturated rings. The Bertz CT molecular complexity index is 951. The molecule has 1 aromatic carbocycles. The average molecular weight is 473 g/mol. The second-order valence-corrected chi connectivity index (χ2v) is 11.7. The van der Waals surface area contributed by atoms with E-state index in [1.807, 2.05) is 13.8 Å². The summed E-state index contributed by atoms with van der Waals surface area (Å²) in [5.41, 5.74) is -0.276. The number of carbonyl (C=O) groups is 2. The largest absolute Gasteiger partial charge is 0.507 e. The van der Waals surface area contributed by atoms with Gasteiger partial charge in [-0.25, -0.2) is 0 Å². The molecule has 0 saturated heterocycles. The molecule has 0 aliphatic heterocycles. The van der Waals surface area contributed by atoms with Gasteiger partial charge in [0.05, 0.1) is 16.7 Å². The number of allylic oxidation sites excluding steroid dienone is 1. The van der Waals surface area contributed by atoms with Crippen LogP contribution in [0.4, 0.5) is 0 Å². The van der Waals surface area contributed by atoms with E-state index in [9.17, 15) is 30.0 Å². The summed E-state index contributed by atoms with van der Waals surface area (Å²) in [6, 6.07) is 0. The van der Waals surface area contributed by atoms with Crippen LogP contribution in [-0.2, 0) is 0 Å². The van der Waals surface area contributed by atoms with Crippen molar-refractivity contribution in [2.45, 2.75) is 85.2 Å². The maximum atomic E-state index is 11.7. The molecular formula is C28H40O6. The molecule has 0 heterocycles. The molecule has 6 nitrogen and oxygen atoms in total. The first-order valence-electron chi connectivity index (χ1n) is 12.4. The molecule has 6 heteroatoms. The number of aldehydes is 2. The highest BCUT2D eigenvalue weighted by Crippen LogP contribution is 2.61. The van der Waals surface area contributed by atoms with Crippen molar-refractivity contribution >= 4 is 12.6 Å². The average Bonchev–Trinajstić information content (AvgIpc) is 2.72. The number of hydrogen-bond donors (Lipinski definition) is 4. The zero-order chi connectivity index (χ0) is 25.6. The fourth-order valence-electron chi connectivity index (χ4n) is 6.66. The second-order valence-electron chi connectivity index (χ2n) is 11.7. The lowest BCUT2D eigenvalue weighted by molar-refractivity contribution is 0.00965. The molecule has 1 aromatic rings. The molecule has 2 aliphatic rings. The summed E-state index contributed by atoms with van der Waals surface area (Å²) >= 11 is 0. The topological polar surface area (TPSA) is 115 Å². The third-order valence-corrected chi connectivity index (χ3v) is 8.53. The number of hydrogen-bond acceptors (Lipinski definition) is 6. The van der Waals surface area contributed by atoms with Crippen LogP contribution < -0.4 is 0 Å². The number of benzene rings is 1. The van der Waals surface area contributed by atoms with Crippen molar-refractivity contribution < 1.29 is 30.0 Å². The Labute approximate surface area is 202 Å². The van der Waals surface area contributed by atoms with Gasteiger partial charge in [0.1, 0.15) is 17.2 Å². The summed E-state index contributed by atoms with van der Waals surface area (Å²) in [5, 5.41) is 43.1. The molecule has 0 radical (unpaired) electrons. The van der Waals surface area contributed by atoms with Crippen LogP contribution in [0.1, 0.15) is 106 Å². The van der Waals surface area contributed by atoms with Gasteiger partial charge in [-0.1, -0.05) is 39.3 Å². The van der Waals surface area contributed by atoms with Crippen LogP contribution in [0.25, 0.3) is 0 Å². The maximum Gasteiger partial charge on any atom is 0.157 e. The Hall–Kier alpha value is -2.34. The number of aromatic hydroxyl groups is 3. The quantitative estimate of drug-likeness (QED) is 0.298. The summed E-state index contributed by atoms with van der Waals surface area (Å²) in [5.74, 6) is -1.23. The summed E-state index contributed by atoms with van der Waals surface area (Å²) < 4.78 is 0. The minimum atomic E-state index is -0.816. The number of fused-ring (bicyclic) bond motifs is 1. The van der Waals surface area contributed by atoms with Crippen LogP contribution >= 0.6 is 0 Å². The van der Waals surface area contributed by atoms with Gasteiger partial charge in [0.2, 0.25) is 0 Å². The number of phenolic OH excluding ortho intramolecular Hbond substituents is 3. The normalized spacial score (nSPS) is 28.2. The van der Waals surface area contributed by atoms with Gasteiger partial charge in [-0.2, -0.15) is 0 Å². The highest BCUT2D eigenvalue weighted by Gasteiger charge is 2.50. The molecule has 5 atom stereocenters. The molecule has 188 valence electrons. The Kier molecular flexibility index (Phi) is 7.24. The molecule has 1 saturated carbocycles. The van der Waals surface area contributed by atoms with Gasteiger partial charge in [-0.15, -0.1) is 0 Å².